The van der Waals surface area contributed by atoms with E-state index in [1.54, 1.807) is 0 Å². The molecule has 1 amide bonds. The van der Waals surface area contributed by atoms with Crippen molar-refractivity contribution in [2.45, 2.75) is 12.4 Å². The van der Waals surface area contributed by atoms with E-state index >= 15 is 0 Å². The number of hydrogen-bond donors (Lipinski definition) is 2. The van der Waals surface area contributed by atoms with E-state index in [9.17, 15) is 41.0 Å². The SMILES string of the molecule is O=C(Nc1ccc(C(F)(F)F)cc1C(=O)c1ccc(C(F)(F)F)cc1)c1ccc(Cl)cc1O. The second-order valence-electron chi connectivity index (χ2n) is 6.78. The summed E-state index contributed by atoms with van der Waals surface area (Å²) in [6.07, 6.45) is -9.50. The molecule has 0 aliphatic heterocycles. The summed E-state index contributed by atoms with van der Waals surface area (Å²) in [7, 11) is 0. The van der Waals surface area contributed by atoms with Crippen molar-refractivity contribution in [2.75, 3.05) is 5.32 Å². The Morgan fingerprint density at radius 1 is 0.758 bits per heavy atom. The number of nitrogens with one attached hydrogen (secondary N) is 1. The van der Waals surface area contributed by atoms with Crippen molar-refractivity contribution < 1.29 is 41.0 Å². The number of amides is 1. The molecule has 11 heteroatoms. The number of phenolic OH excluding ortho intramolecular Hbond substituents is 1. The van der Waals surface area contributed by atoms with Crippen molar-refractivity contribution in [3.63, 3.8) is 0 Å². The molecular weight excluding hydrogens is 476 g/mol. The zero-order valence-corrected chi connectivity index (χ0v) is 16.9. The summed E-state index contributed by atoms with van der Waals surface area (Å²) in [5, 5.41) is 12.2. The zero-order valence-electron chi connectivity index (χ0n) is 16.2. The molecule has 0 atom stereocenters. The molecule has 3 rings (SSSR count). The number of rotatable bonds is 4. The maximum Gasteiger partial charge on any atom is 0.416 e. The molecule has 0 aliphatic carbocycles. The zero-order chi connectivity index (χ0) is 24.6. The van der Waals surface area contributed by atoms with Gasteiger partial charge in [0.2, 0.25) is 0 Å². The van der Waals surface area contributed by atoms with Gasteiger partial charge in [0.15, 0.2) is 5.78 Å². The Labute approximate surface area is 187 Å². The van der Waals surface area contributed by atoms with E-state index in [2.05, 4.69) is 5.32 Å². The number of halogens is 7. The van der Waals surface area contributed by atoms with Crippen LogP contribution in [0.15, 0.2) is 60.7 Å². The molecule has 0 fully saturated rings. The average molecular weight is 488 g/mol. The first kappa shape index (κ1) is 24.1. The number of ketones is 1. The van der Waals surface area contributed by atoms with E-state index < -0.39 is 46.5 Å². The van der Waals surface area contributed by atoms with E-state index in [0.717, 1.165) is 30.3 Å². The minimum Gasteiger partial charge on any atom is -0.507 e. The molecule has 0 aromatic heterocycles. The van der Waals surface area contributed by atoms with Gasteiger partial charge in [-0.25, -0.2) is 0 Å². The lowest BCUT2D eigenvalue weighted by molar-refractivity contribution is -0.138. The third-order valence-electron chi connectivity index (χ3n) is 4.52. The van der Waals surface area contributed by atoms with Crippen LogP contribution < -0.4 is 5.32 Å². The third kappa shape index (κ3) is 5.46. The highest BCUT2D eigenvalue weighted by Crippen LogP contribution is 2.34. The Kier molecular flexibility index (Phi) is 6.42. The lowest BCUT2D eigenvalue weighted by Crippen LogP contribution is -2.17. The van der Waals surface area contributed by atoms with Gasteiger partial charge in [-0.2, -0.15) is 26.3 Å². The third-order valence-corrected chi connectivity index (χ3v) is 4.75. The van der Waals surface area contributed by atoms with Gasteiger partial charge in [0.1, 0.15) is 5.75 Å². The summed E-state index contributed by atoms with van der Waals surface area (Å²) in [5.41, 5.74) is -3.79. The molecule has 172 valence electrons. The summed E-state index contributed by atoms with van der Waals surface area (Å²) in [4.78, 5) is 25.4. The molecule has 0 heterocycles. The molecule has 0 radical (unpaired) electrons. The van der Waals surface area contributed by atoms with Gasteiger partial charge in [0.05, 0.1) is 22.4 Å². The van der Waals surface area contributed by atoms with Gasteiger partial charge >= 0.3 is 12.4 Å². The van der Waals surface area contributed by atoms with Crippen molar-refractivity contribution in [1.29, 1.82) is 0 Å². The highest BCUT2D eigenvalue weighted by atomic mass is 35.5. The van der Waals surface area contributed by atoms with Crippen molar-refractivity contribution in [3.05, 3.63) is 93.5 Å². The molecule has 0 saturated heterocycles. The van der Waals surface area contributed by atoms with Gasteiger partial charge in [0.25, 0.3) is 5.91 Å². The molecule has 0 saturated carbocycles. The van der Waals surface area contributed by atoms with Gasteiger partial charge in [0, 0.05) is 16.1 Å². The van der Waals surface area contributed by atoms with Crippen LogP contribution >= 0.6 is 11.6 Å². The van der Waals surface area contributed by atoms with Crippen molar-refractivity contribution in [2.24, 2.45) is 0 Å². The first-order valence-electron chi connectivity index (χ1n) is 9.00. The van der Waals surface area contributed by atoms with Crippen LogP contribution in [0, 0.1) is 0 Å². The summed E-state index contributed by atoms with van der Waals surface area (Å²) in [5.74, 6) is -2.52. The predicted molar refractivity (Wildman–Crippen MR) is 107 cm³/mol. The summed E-state index contributed by atoms with van der Waals surface area (Å²) < 4.78 is 77.9. The van der Waals surface area contributed by atoms with E-state index in [-0.39, 0.29) is 21.8 Å². The van der Waals surface area contributed by atoms with Gasteiger partial charge in [-0.15, -0.1) is 0 Å². The molecule has 0 spiro atoms. The van der Waals surface area contributed by atoms with Crippen LogP contribution in [-0.2, 0) is 12.4 Å². The fraction of sp³-hybridized carbons (Fsp3) is 0.0909. The Bertz CT molecular complexity index is 1220. The van der Waals surface area contributed by atoms with Crippen LogP contribution in [-0.4, -0.2) is 16.8 Å². The van der Waals surface area contributed by atoms with E-state index in [1.807, 2.05) is 0 Å². The van der Waals surface area contributed by atoms with Crippen molar-refractivity contribution >= 4 is 29.0 Å². The average Bonchev–Trinajstić information content (AvgIpc) is 2.72. The van der Waals surface area contributed by atoms with E-state index in [0.29, 0.717) is 24.3 Å². The lowest BCUT2D eigenvalue weighted by Gasteiger charge is -2.15. The topological polar surface area (TPSA) is 66.4 Å². The Hall–Kier alpha value is -3.53. The van der Waals surface area contributed by atoms with Crippen molar-refractivity contribution in [1.82, 2.24) is 0 Å². The monoisotopic (exact) mass is 487 g/mol. The predicted octanol–water partition coefficient (Wildman–Crippen LogP) is 6.57. The number of benzene rings is 3. The number of phenols is 1. The molecule has 2 N–H and O–H groups in total. The largest absolute Gasteiger partial charge is 0.507 e. The fourth-order valence-electron chi connectivity index (χ4n) is 2.87. The lowest BCUT2D eigenvalue weighted by atomic mass is 9.98. The first-order chi connectivity index (χ1) is 15.3. The second-order valence-corrected chi connectivity index (χ2v) is 7.21. The summed E-state index contributed by atoms with van der Waals surface area (Å²) >= 11 is 5.70. The maximum atomic E-state index is 13.2. The number of hydrogen-bond acceptors (Lipinski definition) is 3. The Morgan fingerprint density at radius 3 is 1.88 bits per heavy atom. The standard InChI is InChI=1S/C22H12ClF6NO3/c23-14-6-7-15(18(31)10-14)20(33)30-17-8-5-13(22(27,28)29)9-16(17)19(32)11-1-3-12(4-2-11)21(24,25)26/h1-10,31H,(H,30,33). The van der Waals surface area contributed by atoms with Gasteiger partial charge in [-0.1, -0.05) is 23.7 Å². The molecule has 3 aromatic carbocycles. The van der Waals surface area contributed by atoms with E-state index in [1.165, 1.54) is 6.07 Å². The van der Waals surface area contributed by atoms with Crippen molar-refractivity contribution in [3.8, 4) is 5.75 Å². The quantitative estimate of drug-likeness (QED) is 0.323. The number of alkyl halides is 6. The van der Waals surface area contributed by atoms with Crippen LogP contribution in [0.5, 0.6) is 5.75 Å². The first-order valence-corrected chi connectivity index (χ1v) is 9.38. The molecule has 0 aliphatic rings. The minimum atomic E-state index is -4.83. The molecular formula is C22H12ClF6NO3. The number of carbonyl (C=O) groups is 2. The molecule has 3 aromatic rings. The molecule has 4 nitrogen and oxygen atoms in total. The Balaban J connectivity index is 2.03. The van der Waals surface area contributed by atoms with Crippen LogP contribution in [0.4, 0.5) is 32.0 Å². The number of aromatic hydroxyl groups is 1. The fourth-order valence-corrected chi connectivity index (χ4v) is 3.04. The normalized spacial score (nSPS) is 11.8. The molecule has 0 bridgehead atoms. The minimum absolute atomic E-state index is 0.122. The molecule has 33 heavy (non-hydrogen) atoms. The van der Waals surface area contributed by atoms with E-state index in [4.69, 9.17) is 11.6 Å². The summed E-state index contributed by atoms with van der Waals surface area (Å²) in [6, 6.07) is 8.34. The smallest absolute Gasteiger partial charge is 0.416 e. The highest BCUT2D eigenvalue weighted by Gasteiger charge is 2.33. The molecule has 0 unspecified atom stereocenters. The van der Waals surface area contributed by atoms with Crippen LogP contribution in [0.3, 0.4) is 0 Å². The number of carbonyl (C=O) groups excluding carboxylic acids is 2. The summed E-state index contributed by atoms with van der Waals surface area (Å²) in [6.45, 7) is 0. The number of anilines is 1. The van der Waals surface area contributed by atoms with Crippen LogP contribution in [0.25, 0.3) is 0 Å². The van der Waals surface area contributed by atoms with Gasteiger partial charge in [-0.05, 0) is 48.5 Å². The van der Waals surface area contributed by atoms with Crippen LogP contribution in [0.1, 0.15) is 37.4 Å². The maximum absolute atomic E-state index is 13.2. The van der Waals surface area contributed by atoms with Crippen LogP contribution in [0.2, 0.25) is 5.02 Å². The second kappa shape index (κ2) is 8.78. The van der Waals surface area contributed by atoms with Gasteiger partial charge < -0.3 is 10.4 Å². The Morgan fingerprint density at radius 2 is 1.33 bits per heavy atom. The van der Waals surface area contributed by atoms with Gasteiger partial charge in [-0.3, -0.25) is 9.59 Å². The highest BCUT2D eigenvalue weighted by molar-refractivity contribution is 6.31.